The lowest BCUT2D eigenvalue weighted by molar-refractivity contribution is 0.0725. The summed E-state index contributed by atoms with van der Waals surface area (Å²) in [6.45, 7) is 1.45. The van der Waals surface area contributed by atoms with E-state index in [-0.39, 0.29) is 11.9 Å². The first kappa shape index (κ1) is 16.7. The topological polar surface area (TPSA) is 78.0 Å². The molecule has 26 heavy (non-hydrogen) atoms. The van der Waals surface area contributed by atoms with E-state index in [2.05, 4.69) is 20.1 Å². The number of carbonyl (C=O) groups is 1. The van der Waals surface area contributed by atoms with E-state index in [9.17, 15) is 4.79 Å². The summed E-state index contributed by atoms with van der Waals surface area (Å²) in [5.74, 6) is 0.654. The Morgan fingerprint density at radius 3 is 3.00 bits per heavy atom. The van der Waals surface area contributed by atoms with E-state index in [4.69, 9.17) is 4.98 Å². The van der Waals surface area contributed by atoms with Gasteiger partial charge >= 0.3 is 0 Å². The van der Waals surface area contributed by atoms with Crippen molar-refractivity contribution in [1.29, 1.82) is 0 Å². The molecule has 1 atom stereocenters. The van der Waals surface area contributed by atoms with Gasteiger partial charge in [0, 0.05) is 24.7 Å². The van der Waals surface area contributed by atoms with E-state index >= 15 is 0 Å². The first-order valence-electron chi connectivity index (χ1n) is 8.84. The van der Waals surface area contributed by atoms with Gasteiger partial charge in [-0.3, -0.25) is 9.89 Å². The standard InChI is InChI=1S/C19H22N6O/c1-24(2)12-13-9-10-20-18(21-13)16-8-5-11-25(16)19(26)17-14-6-3-4-7-15(14)22-23-17/h3-4,6-7,9-10,16H,5,8,11-12H2,1-2H3,(H,22,23). The second kappa shape index (κ2) is 6.84. The summed E-state index contributed by atoms with van der Waals surface area (Å²) in [6.07, 6.45) is 3.60. The summed E-state index contributed by atoms with van der Waals surface area (Å²) in [7, 11) is 4.02. The van der Waals surface area contributed by atoms with Gasteiger partial charge in [0.25, 0.3) is 5.91 Å². The number of aromatic nitrogens is 4. The maximum Gasteiger partial charge on any atom is 0.275 e. The van der Waals surface area contributed by atoms with Crippen LogP contribution < -0.4 is 0 Å². The second-order valence-corrected chi connectivity index (χ2v) is 6.92. The molecule has 3 heterocycles. The zero-order valence-corrected chi connectivity index (χ0v) is 15.0. The van der Waals surface area contributed by atoms with Gasteiger partial charge in [0.15, 0.2) is 11.5 Å². The number of likely N-dealkylation sites (tertiary alicyclic amines) is 1. The van der Waals surface area contributed by atoms with Gasteiger partial charge in [-0.05, 0) is 39.1 Å². The molecule has 0 saturated carbocycles. The Bertz CT molecular complexity index is 934. The van der Waals surface area contributed by atoms with Gasteiger partial charge in [0.2, 0.25) is 0 Å². The molecule has 0 bridgehead atoms. The molecular formula is C19H22N6O. The quantitative estimate of drug-likeness (QED) is 0.782. The molecule has 1 aliphatic rings. The summed E-state index contributed by atoms with van der Waals surface area (Å²) >= 11 is 0. The molecule has 1 aromatic carbocycles. The maximum absolute atomic E-state index is 13.1. The molecule has 4 rings (SSSR count). The Hall–Kier alpha value is -2.80. The number of nitrogens with one attached hydrogen (secondary N) is 1. The number of rotatable bonds is 4. The van der Waals surface area contributed by atoms with Gasteiger partial charge in [-0.25, -0.2) is 9.97 Å². The number of carbonyl (C=O) groups excluding carboxylic acids is 1. The van der Waals surface area contributed by atoms with Crippen LogP contribution in [0.25, 0.3) is 10.9 Å². The van der Waals surface area contributed by atoms with Crippen molar-refractivity contribution < 1.29 is 4.79 Å². The zero-order valence-electron chi connectivity index (χ0n) is 15.0. The average molecular weight is 350 g/mol. The minimum atomic E-state index is -0.0972. The molecule has 7 heteroatoms. The van der Waals surface area contributed by atoms with E-state index in [1.165, 1.54) is 0 Å². The molecule has 1 N–H and O–H groups in total. The van der Waals surface area contributed by atoms with Crippen molar-refractivity contribution in [3.63, 3.8) is 0 Å². The molecule has 1 unspecified atom stereocenters. The van der Waals surface area contributed by atoms with Crippen LogP contribution in [0.15, 0.2) is 36.5 Å². The van der Waals surface area contributed by atoms with E-state index in [0.29, 0.717) is 12.2 Å². The Labute approximate surface area is 152 Å². The van der Waals surface area contributed by atoms with Crippen molar-refractivity contribution in [3.8, 4) is 0 Å². The number of hydrogen-bond acceptors (Lipinski definition) is 5. The number of benzene rings is 1. The molecule has 0 aliphatic carbocycles. The van der Waals surface area contributed by atoms with Crippen LogP contribution in [0.2, 0.25) is 0 Å². The Kier molecular flexibility index (Phi) is 4.38. The third-order valence-corrected chi connectivity index (χ3v) is 4.69. The van der Waals surface area contributed by atoms with Crippen molar-refractivity contribution >= 4 is 16.8 Å². The fourth-order valence-corrected chi connectivity index (χ4v) is 3.53. The molecule has 134 valence electrons. The molecule has 7 nitrogen and oxygen atoms in total. The number of fused-ring (bicyclic) bond motifs is 1. The number of para-hydroxylation sites is 1. The third kappa shape index (κ3) is 3.06. The number of H-pyrrole nitrogens is 1. The van der Waals surface area contributed by atoms with Gasteiger partial charge < -0.3 is 9.80 Å². The van der Waals surface area contributed by atoms with Gasteiger partial charge in [0.1, 0.15) is 0 Å². The average Bonchev–Trinajstić information content (AvgIpc) is 3.28. The van der Waals surface area contributed by atoms with Crippen molar-refractivity contribution in [3.05, 3.63) is 53.7 Å². The monoisotopic (exact) mass is 350 g/mol. The predicted octanol–water partition coefficient (Wildman–Crippen LogP) is 2.39. The summed E-state index contributed by atoms with van der Waals surface area (Å²) in [5.41, 5.74) is 2.30. The van der Waals surface area contributed by atoms with E-state index < -0.39 is 0 Å². The van der Waals surface area contributed by atoms with Crippen molar-refractivity contribution in [2.24, 2.45) is 0 Å². The van der Waals surface area contributed by atoms with Crippen LogP contribution in [0.1, 0.15) is 40.9 Å². The summed E-state index contributed by atoms with van der Waals surface area (Å²) in [6, 6.07) is 9.52. The highest BCUT2D eigenvalue weighted by molar-refractivity contribution is 6.04. The van der Waals surface area contributed by atoms with Crippen LogP contribution in [-0.2, 0) is 6.54 Å². The van der Waals surface area contributed by atoms with Crippen molar-refractivity contribution in [1.82, 2.24) is 30.0 Å². The van der Waals surface area contributed by atoms with Gasteiger partial charge in [-0.2, -0.15) is 5.10 Å². The minimum Gasteiger partial charge on any atom is -0.327 e. The molecule has 0 radical (unpaired) electrons. The maximum atomic E-state index is 13.1. The molecule has 3 aromatic rings. The zero-order chi connectivity index (χ0) is 18.1. The first-order valence-corrected chi connectivity index (χ1v) is 8.84. The number of nitrogens with zero attached hydrogens (tertiary/aromatic N) is 5. The van der Waals surface area contributed by atoms with Crippen LogP contribution in [-0.4, -0.2) is 56.5 Å². The van der Waals surface area contributed by atoms with Gasteiger partial charge in [-0.1, -0.05) is 18.2 Å². The SMILES string of the molecule is CN(C)Cc1ccnc(C2CCCN2C(=O)c2n[nH]c3ccccc23)n1. The summed E-state index contributed by atoms with van der Waals surface area (Å²) in [4.78, 5) is 26.2. The molecule has 2 aromatic heterocycles. The van der Waals surface area contributed by atoms with E-state index in [1.807, 2.05) is 49.3 Å². The van der Waals surface area contributed by atoms with Crippen LogP contribution in [0.3, 0.4) is 0 Å². The minimum absolute atomic E-state index is 0.0634. The Morgan fingerprint density at radius 1 is 1.31 bits per heavy atom. The lowest BCUT2D eigenvalue weighted by Gasteiger charge is -2.23. The molecule has 1 fully saturated rings. The van der Waals surface area contributed by atoms with Gasteiger partial charge in [-0.15, -0.1) is 0 Å². The summed E-state index contributed by atoms with van der Waals surface area (Å²) in [5, 5.41) is 8.06. The second-order valence-electron chi connectivity index (χ2n) is 6.92. The highest BCUT2D eigenvalue weighted by Crippen LogP contribution is 2.32. The first-order chi connectivity index (χ1) is 12.6. The van der Waals surface area contributed by atoms with Crippen LogP contribution >= 0.6 is 0 Å². The predicted molar refractivity (Wildman–Crippen MR) is 98.5 cm³/mol. The van der Waals surface area contributed by atoms with Crippen LogP contribution in [0, 0.1) is 0 Å². The fraction of sp³-hybridized carbons (Fsp3) is 0.368. The van der Waals surface area contributed by atoms with Crippen molar-refractivity contribution in [2.75, 3.05) is 20.6 Å². The summed E-state index contributed by atoms with van der Waals surface area (Å²) < 4.78 is 0. The normalized spacial score (nSPS) is 17.3. The van der Waals surface area contributed by atoms with E-state index in [1.54, 1.807) is 6.20 Å². The molecule has 1 amide bonds. The van der Waals surface area contributed by atoms with E-state index in [0.717, 1.165) is 41.8 Å². The smallest absolute Gasteiger partial charge is 0.275 e. The number of aromatic amines is 1. The molecule has 1 saturated heterocycles. The Balaban J connectivity index is 1.63. The molecule has 1 aliphatic heterocycles. The third-order valence-electron chi connectivity index (χ3n) is 4.69. The lowest BCUT2D eigenvalue weighted by atomic mass is 10.1. The fourth-order valence-electron chi connectivity index (χ4n) is 3.53. The van der Waals surface area contributed by atoms with Crippen molar-refractivity contribution in [2.45, 2.75) is 25.4 Å². The lowest BCUT2D eigenvalue weighted by Crippen LogP contribution is -2.32. The number of hydrogen-bond donors (Lipinski definition) is 1. The van der Waals surface area contributed by atoms with Crippen LogP contribution in [0.4, 0.5) is 0 Å². The van der Waals surface area contributed by atoms with Gasteiger partial charge in [0.05, 0.1) is 17.3 Å². The highest BCUT2D eigenvalue weighted by Gasteiger charge is 2.34. The Morgan fingerprint density at radius 2 is 2.15 bits per heavy atom. The number of amides is 1. The largest absolute Gasteiger partial charge is 0.327 e. The molecular weight excluding hydrogens is 328 g/mol. The highest BCUT2D eigenvalue weighted by atomic mass is 16.2. The molecule has 0 spiro atoms. The van der Waals surface area contributed by atoms with Crippen LogP contribution in [0.5, 0.6) is 0 Å².